The Kier molecular flexibility index (Phi) is 6.99. The second-order valence-corrected chi connectivity index (χ2v) is 11.9. The molecule has 3 aliphatic heterocycles. The fourth-order valence-electron chi connectivity index (χ4n) is 6.79. The van der Waals surface area contributed by atoms with Crippen LogP contribution < -0.4 is 21.7 Å². The predicted octanol–water partition coefficient (Wildman–Crippen LogP) is 7.23. The number of rotatable bonds is 5. The molecule has 0 bridgehead atoms. The predicted molar refractivity (Wildman–Crippen MR) is 192 cm³/mol. The van der Waals surface area contributed by atoms with E-state index in [4.69, 9.17) is 10.7 Å². The zero-order valence-electron chi connectivity index (χ0n) is 25.7. The first-order valence-electron chi connectivity index (χ1n) is 15.8. The molecule has 224 valence electrons. The Labute approximate surface area is 269 Å². The molecular weight excluding hydrogens is 562 g/mol. The van der Waals surface area contributed by atoms with Crippen molar-refractivity contribution < 1.29 is 0 Å². The summed E-state index contributed by atoms with van der Waals surface area (Å²) in [5, 5.41) is 12.0. The summed E-state index contributed by atoms with van der Waals surface area (Å²) in [6.45, 7) is 2.86. The monoisotopic (exact) mass is 597 g/mol. The van der Waals surface area contributed by atoms with Gasteiger partial charge in [0, 0.05) is 23.3 Å². The number of benzene rings is 2. The number of aromatic nitrogens is 1. The Morgan fingerprint density at radius 3 is 2.61 bits per heavy atom. The molecule has 8 rings (SSSR count). The lowest BCUT2D eigenvalue weighted by atomic mass is 9.84. The highest BCUT2D eigenvalue weighted by molar-refractivity contribution is 5.87. The van der Waals surface area contributed by atoms with Crippen molar-refractivity contribution in [3.8, 4) is 0 Å². The van der Waals surface area contributed by atoms with E-state index < -0.39 is 0 Å². The highest BCUT2D eigenvalue weighted by Crippen LogP contribution is 2.35. The molecule has 2 aliphatic carbocycles. The third-order valence-corrected chi connectivity index (χ3v) is 9.21. The van der Waals surface area contributed by atoms with Gasteiger partial charge < -0.3 is 21.7 Å². The van der Waals surface area contributed by atoms with Gasteiger partial charge >= 0.3 is 0 Å². The number of hydrogen-bond acceptors (Lipinski definition) is 5. The molecule has 1 aromatic heterocycles. The lowest BCUT2D eigenvalue weighted by molar-refractivity contribution is 0.675. The average Bonchev–Trinajstić information content (AvgIpc) is 3.12. The molecule has 0 spiro atoms. The Hall–Kier alpha value is -5.81. The molecule has 2 aromatic carbocycles. The van der Waals surface area contributed by atoms with Crippen LogP contribution in [0, 0.1) is 0 Å². The molecule has 2 atom stereocenters. The Balaban J connectivity index is 1.03. The van der Waals surface area contributed by atoms with Gasteiger partial charge in [-0.1, -0.05) is 97.1 Å². The summed E-state index contributed by atoms with van der Waals surface area (Å²) in [4.78, 5) is 4.94. The van der Waals surface area contributed by atoms with Crippen molar-refractivity contribution in [1.82, 2.24) is 20.9 Å². The maximum absolute atomic E-state index is 5.66. The molecule has 2 unspecified atom stereocenters. The maximum Gasteiger partial charge on any atom is 0.0922 e. The van der Waals surface area contributed by atoms with Gasteiger partial charge in [0.15, 0.2) is 0 Å². The molecule has 0 radical (unpaired) electrons. The van der Waals surface area contributed by atoms with Crippen molar-refractivity contribution in [3.63, 3.8) is 0 Å². The van der Waals surface area contributed by atoms with Crippen molar-refractivity contribution >= 4 is 33.3 Å². The van der Waals surface area contributed by atoms with Gasteiger partial charge in [0.1, 0.15) is 0 Å². The number of hydrogen-bond donors (Lipinski definition) is 4. The van der Waals surface area contributed by atoms with Gasteiger partial charge in [0.2, 0.25) is 0 Å². The van der Waals surface area contributed by atoms with Crippen LogP contribution in [0.1, 0.15) is 29.3 Å². The molecule has 0 saturated heterocycles. The maximum atomic E-state index is 5.66. The molecule has 3 aromatic rings. The van der Waals surface area contributed by atoms with Crippen molar-refractivity contribution in [2.45, 2.75) is 19.0 Å². The van der Waals surface area contributed by atoms with Crippen LogP contribution in [0.25, 0.3) is 33.3 Å². The minimum Gasteiger partial charge on any atom is -0.405 e. The lowest BCUT2D eigenvalue weighted by Gasteiger charge is -2.33. The fraction of sp³-hybridized carbons (Fsp3) is 0.0976. The summed E-state index contributed by atoms with van der Waals surface area (Å²) in [5.74, 6) is 0. The first-order valence-corrected chi connectivity index (χ1v) is 15.8. The van der Waals surface area contributed by atoms with E-state index in [9.17, 15) is 0 Å². The van der Waals surface area contributed by atoms with Crippen molar-refractivity contribution in [3.05, 3.63) is 185 Å². The Bertz CT molecular complexity index is 2100. The second kappa shape index (κ2) is 11.6. The van der Waals surface area contributed by atoms with Gasteiger partial charge in [-0.25, -0.2) is 4.98 Å². The summed E-state index contributed by atoms with van der Waals surface area (Å²) in [7, 11) is 0. The van der Waals surface area contributed by atoms with Gasteiger partial charge in [-0.3, -0.25) is 0 Å². The third-order valence-electron chi connectivity index (χ3n) is 9.21. The number of dihydropyridines is 3. The molecule has 0 fully saturated rings. The third kappa shape index (κ3) is 4.96. The van der Waals surface area contributed by atoms with Crippen LogP contribution in [-0.4, -0.2) is 23.6 Å². The molecule has 4 heterocycles. The van der Waals surface area contributed by atoms with Gasteiger partial charge in [-0.05, 0) is 99.8 Å². The first-order chi connectivity index (χ1) is 22.7. The molecule has 0 amide bonds. The van der Waals surface area contributed by atoms with E-state index in [-0.39, 0.29) is 12.1 Å². The van der Waals surface area contributed by atoms with E-state index in [1.165, 1.54) is 44.7 Å². The van der Waals surface area contributed by atoms with Gasteiger partial charge in [-0.15, -0.1) is 0 Å². The normalized spacial score (nSPS) is 21.6. The van der Waals surface area contributed by atoms with Gasteiger partial charge in [0.25, 0.3) is 0 Å². The van der Waals surface area contributed by atoms with Crippen LogP contribution in [0.3, 0.4) is 0 Å². The highest BCUT2D eigenvalue weighted by Gasteiger charge is 2.27. The highest BCUT2D eigenvalue weighted by atomic mass is 15.0. The molecular formula is C41H35N5. The topological polar surface area (TPSA) is 75.0 Å². The van der Waals surface area contributed by atoms with Crippen LogP contribution in [-0.2, 0) is 0 Å². The van der Waals surface area contributed by atoms with Crippen LogP contribution >= 0.6 is 0 Å². The fourth-order valence-corrected chi connectivity index (χ4v) is 6.79. The molecule has 5 nitrogen and oxygen atoms in total. The van der Waals surface area contributed by atoms with E-state index in [0.29, 0.717) is 0 Å². The minimum absolute atomic E-state index is 0.0870. The number of nitrogens with zero attached hydrogens (tertiary/aromatic N) is 1. The van der Waals surface area contributed by atoms with Crippen molar-refractivity contribution in [2.24, 2.45) is 5.73 Å². The molecule has 5 aliphatic rings. The van der Waals surface area contributed by atoms with Crippen LogP contribution in [0.5, 0.6) is 0 Å². The van der Waals surface area contributed by atoms with Gasteiger partial charge in [0.05, 0.1) is 23.3 Å². The van der Waals surface area contributed by atoms with E-state index >= 15 is 0 Å². The molecule has 0 saturated carbocycles. The summed E-state index contributed by atoms with van der Waals surface area (Å²) in [5.41, 5.74) is 20.7. The summed E-state index contributed by atoms with van der Waals surface area (Å²) in [6.07, 6.45) is 29.7. The zero-order chi connectivity index (χ0) is 31.0. The van der Waals surface area contributed by atoms with E-state index in [1.54, 1.807) is 6.20 Å². The molecule has 5 N–H and O–H groups in total. The van der Waals surface area contributed by atoms with Crippen molar-refractivity contribution in [1.29, 1.82) is 0 Å². The second-order valence-electron chi connectivity index (χ2n) is 11.9. The minimum atomic E-state index is 0.0870. The Morgan fingerprint density at radius 1 is 0.891 bits per heavy atom. The van der Waals surface area contributed by atoms with E-state index in [1.807, 2.05) is 25.1 Å². The van der Waals surface area contributed by atoms with Crippen LogP contribution in [0.2, 0.25) is 0 Å². The average molecular weight is 598 g/mol. The zero-order valence-corrected chi connectivity index (χ0v) is 25.7. The van der Waals surface area contributed by atoms with Crippen LogP contribution in [0.15, 0.2) is 162 Å². The number of allylic oxidation sites excluding steroid dienone is 12. The summed E-state index contributed by atoms with van der Waals surface area (Å²) >= 11 is 0. The largest absolute Gasteiger partial charge is 0.405 e. The van der Waals surface area contributed by atoms with Crippen molar-refractivity contribution in [2.75, 3.05) is 6.54 Å². The SMILES string of the molecule is C/C=C(\C=C/N)c1ccc2ccc(C3=CC=C4C=CC(c5ccc(C6=C7C=CC8=C(NCC=C8)C7NC=C6)cc5)=CC4N3)cc2n1. The number of nitrogens with one attached hydrogen (secondary N) is 3. The number of fused-ring (bicyclic) bond motifs is 4. The van der Waals surface area contributed by atoms with Crippen LogP contribution in [0.4, 0.5) is 0 Å². The first kappa shape index (κ1) is 27.7. The molecule has 46 heavy (non-hydrogen) atoms. The van der Waals surface area contributed by atoms with Gasteiger partial charge in [-0.2, -0.15) is 0 Å². The number of pyridine rings is 1. The number of nitrogens with two attached hydrogens (primary N) is 1. The quantitative estimate of drug-likeness (QED) is 0.234. The summed E-state index contributed by atoms with van der Waals surface area (Å²) < 4.78 is 0. The lowest BCUT2D eigenvalue weighted by Crippen LogP contribution is -2.40. The summed E-state index contributed by atoms with van der Waals surface area (Å²) in [6, 6.07) is 19.8. The Morgan fingerprint density at radius 2 is 1.74 bits per heavy atom. The molecule has 5 heteroatoms. The smallest absolute Gasteiger partial charge is 0.0922 e. The van der Waals surface area contributed by atoms with E-state index in [0.717, 1.165) is 40.0 Å². The van der Waals surface area contributed by atoms with E-state index in [2.05, 4.69) is 131 Å². The standard InChI is InChI=1S/C41H35N5/c1-2-26(19-21-42)36-17-14-30-10-12-33(25-39(30)45-36)37-18-15-29-9-11-32(24-38(29)46-37)27-5-7-28(8-6-27)34-20-23-44-41-35(34)16-13-31-4-3-22-43-40(31)41/h2-21,23-25,38,41,43-44,46H,22,42H2,1H3/b21-19-,26-2+.